The van der Waals surface area contributed by atoms with Gasteiger partial charge >= 0.3 is 0 Å². The van der Waals surface area contributed by atoms with Gasteiger partial charge in [0.2, 0.25) is 0 Å². The summed E-state index contributed by atoms with van der Waals surface area (Å²) >= 11 is 0. The highest BCUT2D eigenvalue weighted by atomic mass is 16.2. The molecule has 2 aromatic rings. The molecule has 0 unspecified atom stereocenters. The molecule has 2 aromatic carbocycles. The van der Waals surface area contributed by atoms with Crippen molar-refractivity contribution in [2.45, 2.75) is 6.54 Å². The summed E-state index contributed by atoms with van der Waals surface area (Å²) in [5.41, 5.74) is 7.72. The summed E-state index contributed by atoms with van der Waals surface area (Å²) in [6.07, 6.45) is 0. The van der Waals surface area contributed by atoms with E-state index in [1.165, 1.54) is 0 Å². The number of amides is 2. The van der Waals surface area contributed by atoms with E-state index in [1.807, 2.05) is 0 Å². The molecule has 0 atom stereocenters. The monoisotopic (exact) mass is 277 g/mol. The largest absolute Gasteiger partial charge is 0.398 e. The summed E-state index contributed by atoms with van der Waals surface area (Å²) in [6.45, 7) is 0.0650. The van der Waals surface area contributed by atoms with Gasteiger partial charge in [-0.05, 0) is 23.8 Å². The first-order valence-corrected chi connectivity index (χ1v) is 6.36. The predicted octanol–water partition coefficient (Wildman–Crippen LogP) is 1.94. The van der Waals surface area contributed by atoms with Crippen molar-refractivity contribution >= 4 is 17.5 Å². The first kappa shape index (κ1) is 12.9. The highest BCUT2D eigenvalue weighted by Crippen LogP contribution is 2.29. The lowest BCUT2D eigenvalue weighted by Gasteiger charge is -2.14. The Kier molecular flexibility index (Phi) is 2.92. The maximum Gasteiger partial charge on any atom is 0.263 e. The Hall–Kier alpha value is -3.13. The second kappa shape index (κ2) is 4.76. The third-order valence-corrected chi connectivity index (χ3v) is 3.50. The van der Waals surface area contributed by atoms with Crippen LogP contribution in [0.2, 0.25) is 0 Å². The number of carbonyl (C=O) groups excluding carboxylic acids is 2. The van der Waals surface area contributed by atoms with Gasteiger partial charge in [-0.25, -0.2) is 0 Å². The molecule has 0 bridgehead atoms. The van der Waals surface area contributed by atoms with Gasteiger partial charge in [-0.3, -0.25) is 14.5 Å². The van der Waals surface area contributed by atoms with Gasteiger partial charge < -0.3 is 5.73 Å². The van der Waals surface area contributed by atoms with Crippen LogP contribution in [-0.4, -0.2) is 16.7 Å². The van der Waals surface area contributed by atoms with Crippen LogP contribution in [0.5, 0.6) is 0 Å². The number of nitrogen functional groups attached to an aromatic ring is 1. The van der Waals surface area contributed by atoms with Gasteiger partial charge in [-0.1, -0.05) is 24.3 Å². The van der Waals surface area contributed by atoms with E-state index in [9.17, 15) is 9.59 Å². The van der Waals surface area contributed by atoms with E-state index < -0.39 is 5.91 Å². The molecule has 2 N–H and O–H groups in total. The van der Waals surface area contributed by atoms with Gasteiger partial charge in [0.1, 0.15) is 0 Å². The van der Waals surface area contributed by atoms with E-state index in [0.717, 1.165) is 4.90 Å². The Morgan fingerprint density at radius 3 is 2.52 bits per heavy atom. The number of hydrogen-bond acceptors (Lipinski definition) is 4. The van der Waals surface area contributed by atoms with Crippen LogP contribution < -0.4 is 5.73 Å². The molecule has 0 saturated heterocycles. The predicted molar refractivity (Wildman–Crippen MR) is 76.2 cm³/mol. The molecule has 3 rings (SSSR count). The number of carbonyl (C=O) groups is 2. The van der Waals surface area contributed by atoms with Gasteiger partial charge in [0.05, 0.1) is 29.3 Å². The fraction of sp³-hybridized carbons (Fsp3) is 0.0625. The number of imide groups is 1. The van der Waals surface area contributed by atoms with E-state index in [4.69, 9.17) is 11.0 Å². The minimum atomic E-state index is -0.416. The lowest BCUT2D eigenvalue weighted by Crippen LogP contribution is -2.29. The molecule has 21 heavy (non-hydrogen) atoms. The number of rotatable bonds is 2. The second-order valence-corrected chi connectivity index (χ2v) is 4.74. The van der Waals surface area contributed by atoms with Crippen LogP contribution in [0.15, 0.2) is 42.5 Å². The summed E-state index contributed by atoms with van der Waals surface area (Å²) in [7, 11) is 0. The van der Waals surface area contributed by atoms with Crippen molar-refractivity contribution in [1.82, 2.24) is 4.90 Å². The van der Waals surface area contributed by atoms with Crippen molar-refractivity contribution in [1.29, 1.82) is 5.26 Å². The van der Waals surface area contributed by atoms with Crippen LogP contribution in [0.1, 0.15) is 31.8 Å². The second-order valence-electron chi connectivity index (χ2n) is 4.74. The molecule has 5 heteroatoms. The van der Waals surface area contributed by atoms with Crippen LogP contribution in [0, 0.1) is 11.3 Å². The smallest absolute Gasteiger partial charge is 0.263 e. The van der Waals surface area contributed by atoms with Crippen molar-refractivity contribution in [2.24, 2.45) is 0 Å². The van der Waals surface area contributed by atoms with Gasteiger partial charge in [0.25, 0.3) is 11.8 Å². The zero-order chi connectivity index (χ0) is 15.0. The molecule has 0 saturated carbocycles. The van der Waals surface area contributed by atoms with Gasteiger partial charge in [-0.2, -0.15) is 5.26 Å². The molecule has 1 aliphatic heterocycles. The standard InChI is InChI=1S/C16H11N3O2/c17-8-10-4-1-2-5-11(10)9-19-15(20)12-6-3-7-13(18)14(12)16(19)21/h1-7H,9,18H2. The molecule has 5 nitrogen and oxygen atoms in total. The zero-order valence-electron chi connectivity index (χ0n) is 11.0. The summed E-state index contributed by atoms with van der Waals surface area (Å²) in [6, 6.07) is 13.8. The van der Waals surface area contributed by atoms with Gasteiger partial charge in [0, 0.05) is 5.69 Å². The Bertz CT molecular complexity index is 805. The van der Waals surface area contributed by atoms with Crippen molar-refractivity contribution < 1.29 is 9.59 Å². The van der Waals surface area contributed by atoms with Crippen LogP contribution in [0.3, 0.4) is 0 Å². The first-order valence-electron chi connectivity index (χ1n) is 6.36. The third-order valence-electron chi connectivity index (χ3n) is 3.50. The fourth-order valence-corrected chi connectivity index (χ4v) is 2.44. The third kappa shape index (κ3) is 1.94. The molecule has 0 spiro atoms. The van der Waals surface area contributed by atoms with Crippen molar-refractivity contribution in [3.05, 3.63) is 64.7 Å². The number of nitriles is 1. The van der Waals surface area contributed by atoms with Crippen LogP contribution in [0.25, 0.3) is 0 Å². The number of hydrogen-bond donors (Lipinski definition) is 1. The minimum Gasteiger partial charge on any atom is -0.398 e. The van der Waals surface area contributed by atoms with E-state index in [-0.39, 0.29) is 18.0 Å². The summed E-state index contributed by atoms with van der Waals surface area (Å²) < 4.78 is 0. The number of nitrogens with two attached hydrogens (primary N) is 1. The Morgan fingerprint density at radius 2 is 1.81 bits per heavy atom. The van der Waals surface area contributed by atoms with Crippen LogP contribution in [0.4, 0.5) is 5.69 Å². The number of benzene rings is 2. The number of nitrogens with zero attached hydrogens (tertiary/aromatic N) is 2. The van der Waals surface area contributed by atoms with Crippen molar-refractivity contribution in [2.75, 3.05) is 5.73 Å². The fourth-order valence-electron chi connectivity index (χ4n) is 2.44. The molecule has 102 valence electrons. The van der Waals surface area contributed by atoms with Crippen LogP contribution >= 0.6 is 0 Å². The van der Waals surface area contributed by atoms with E-state index in [0.29, 0.717) is 22.4 Å². The molecular weight excluding hydrogens is 266 g/mol. The quantitative estimate of drug-likeness (QED) is 0.671. The van der Waals surface area contributed by atoms with Crippen LogP contribution in [-0.2, 0) is 6.54 Å². The maximum absolute atomic E-state index is 12.4. The Balaban J connectivity index is 2.00. The molecule has 1 heterocycles. The molecule has 1 aliphatic rings. The molecule has 0 aliphatic carbocycles. The number of fused-ring (bicyclic) bond motifs is 1. The van der Waals surface area contributed by atoms with E-state index in [2.05, 4.69) is 6.07 Å². The molecule has 0 radical (unpaired) electrons. The Labute approximate surface area is 121 Å². The van der Waals surface area contributed by atoms with Crippen molar-refractivity contribution in [3.63, 3.8) is 0 Å². The SMILES string of the molecule is N#Cc1ccccc1CN1C(=O)c2cccc(N)c2C1=O. The summed E-state index contributed by atoms with van der Waals surface area (Å²) in [4.78, 5) is 25.8. The lowest BCUT2D eigenvalue weighted by molar-refractivity contribution is 0.0642. The van der Waals surface area contributed by atoms with E-state index in [1.54, 1.807) is 42.5 Å². The van der Waals surface area contributed by atoms with Gasteiger partial charge in [-0.15, -0.1) is 0 Å². The van der Waals surface area contributed by atoms with Crippen molar-refractivity contribution in [3.8, 4) is 6.07 Å². The normalized spacial score (nSPS) is 13.2. The molecule has 2 amide bonds. The average Bonchev–Trinajstić information content (AvgIpc) is 2.74. The van der Waals surface area contributed by atoms with Gasteiger partial charge in [0.15, 0.2) is 0 Å². The minimum absolute atomic E-state index is 0.0650. The molecule has 0 aromatic heterocycles. The Morgan fingerprint density at radius 1 is 1.05 bits per heavy atom. The summed E-state index contributed by atoms with van der Waals surface area (Å²) in [5.74, 6) is -0.795. The highest BCUT2D eigenvalue weighted by molar-refractivity contribution is 6.23. The first-order chi connectivity index (χ1) is 10.1. The maximum atomic E-state index is 12.4. The highest BCUT2D eigenvalue weighted by Gasteiger charge is 2.37. The zero-order valence-corrected chi connectivity index (χ0v) is 11.0. The lowest BCUT2D eigenvalue weighted by atomic mass is 10.1. The summed E-state index contributed by atoms with van der Waals surface area (Å²) in [5, 5.41) is 9.08. The topological polar surface area (TPSA) is 87.2 Å². The average molecular weight is 277 g/mol. The van der Waals surface area contributed by atoms with E-state index >= 15 is 0 Å². The molecule has 0 fully saturated rings. The number of anilines is 1. The molecular formula is C16H11N3O2.